The van der Waals surface area contributed by atoms with Crippen molar-refractivity contribution < 1.29 is 0 Å². The van der Waals surface area contributed by atoms with Crippen LogP contribution in [-0.4, -0.2) is 0 Å². The molecule has 0 spiro atoms. The van der Waals surface area contributed by atoms with Crippen molar-refractivity contribution in [1.82, 2.24) is 0 Å². The third-order valence-corrected chi connectivity index (χ3v) is 6.95. The molecular formula is C36H33N. The number of hydrogen-bond donors (Lipinski definition) is 0. The van der Waals surface area contributed by atoms with Gasteiger partial charge in [-0.15, -0.1) is 0 Å². The molecule has 0 radical (unpaired) electrons. The van der Waals surface area contributed by atoms with Crippen LogP contribution in [0.25, 0.3) is 11.6 Å². The summed E-state index contributed by atoms with van der Waals surface area (Å²) >= 11 is 0. The average molecular weight is 480 g/mol. The molecule has 0 bridgehead atoms. The fourth-order valence-corrected chi connectivity index (χ4v) is 4.58. The quantitative estimate of drug-likeness (QED) is 0.219. The molecule has 0 aliphatic carbocycles. The molecule has 0 amide bonds. The second-order valence-electron chi connectivity index (χ2n) is 9.82. The summed E-state index contributed by atoms with van der Waals surface area (Å²) in [6.07, 6.45) is 2.30. The average Bonchev–Trinajstić information content (AvgIpc) is 2.92. The van der Waals surface area contributed by atoms with Crippen molar-refractivity contribution >= 4 is 28.7 Å². The summed E-state index contributed by atoms with van der Waals surface area (Å²) in [5, 5.41) is 0. The van der Waals surface area contributed by atoms with Crippen LogP contribution in [0.3, 0.4) is 0 Å². The zero-order valence-corrected chi connectivity index (χ0v) is 22.1. The molecule has 0 aliphatic rings. The molecule has 182 valence electrons. The first-order valence-electron chi connectivity index (χ1n) is 12.9. The van der Waals surface area contributed by atoms with Crippen LogP contribution in [0.4, 0.5) is 17.1 Å². The fraction of sp³-hybridized carbons (Fsp3) is 0.111. The second-order valence-corrected chi connectivity index (χ2v) is 9.82. The second kappa shape index (κ2) is 10.7. The highest BCUT2D eigenvalue weighted by molar-refractivity contribution is 5.92. The van der Waals surface area contributed by atoms with E-state index < -0.39 is 0 Å². The van der Waals surface area contributed by atoms with Gasteiger partial charge >= 0.3 is 0 Å². The molecule has 0 saturated carbocycles. The van der Waals surface area contributed by atoms with E-state index in [1.165, 1.54) is 44.5 Å². The van der Waals surface area contributed by atoms with E-state index in [0.717, 1.165) is 17.1 Å². The first-order chi connectivity index (χ1) is 18.0. The normalized spacial score (nSPS) is 11.4. The summed E-state index contributed by atoms with van der Waals surface area (Å²) in [6.45, 7) is 8.60. The van der Waals surface area contributed by atoms with Crippen molar-refractivity contribution in [3.8, 4) is 0 Å². The largest absolute Gasteiger partial charge is 0.311 e. The first kappa shape index (κ1) is 24.3. The molecule has 0 atom stereocenters. The van der Waals surface area contributed by atoms with Gasteiger partial charge < -0.3 is 4.90 Å². The predicted molar refractivity (Wildman–Crippen MR) is 160 cm³/mol. The predicted octanol–water partition coefficient (Wildman–Crippen LogP) is 9.98. The van der Waals surface area contributed by atoms with Crippen LogP contribution >= 0.6 is 0 Å². The summed E-state index contributed by atoms with van der Waals surface area (Å²) in [7, 11) is 0. The zero-order chi connectivity index (χ0) is 25.8. The molecule has 1 nitrogen and oxygen atoms in total. The smallest absolute Gasteiger partial charge is 0.0462 e. The van der Waals surface area contributed by atoms with Crippen LogP contribution in [0.15, 0.2) is 121 Å². The maximum atomic E-state index is 2.31. The lowest BCUT2D eigenvalue weighted by Gasteiger charge is -2.26. The fourth-order valence-electron chi connectivity index (χ4n) is 4.58. The Bertz CT molecular complexity index is 1460. The van der Waals surface area contributed by atoms with Crippen molar-refractivity contribution in [2.45, 2.75) is 27.7 Å². The van der Waals surface area contributed by atoms with Crippen molar-refractivity contribution in [3.05, 3.63) is 160 Å². The highest BCUT2D eigenvalue weighted by Crippen LogP contribution is 2.35. The van der Waals surface area contributed by atoms with Crippen molar-refractivity contribution in [2.75, 3.05) is 4.90 Å². The monoisotopic (exact) mass is 479 g/mol. The molecular weight excluding hydrogens is 446 g/mol. The van der Waals surface area contributed by atoms with E-state index in [2.05, 4.69) is 160 Å². The van der Waals surface area contributed by atoms with Gasteiger partial charge in [-0.05, 0) is 104 Å². The van der Waals surface area contributed by atoms with Crippen LogP contribution in [-0.2, 0) is 0 Å². The Labute approximate surface area is 221 Å². The minimum absolute atomic E-state index is 1.14. The lowest BCUT2D eigenvalue weighted by molar-refractivity contribution is 1.27. The van der Waals surface area contributed by atoms with Crippen LogP contribution in [0, 0.1) is 27.7 Å². The number of anilines is 3. The Morgan fingerprint density at radius 1 is 0.486 bits per heavy atom. The van der Waals surface area contributed by atoms with E-state index in [-0.39, 0.29) is 0 Å². The number of benzene rings is 5. The molecule has 1 heteroatoms. The van der Waals surface area contributed by atoms with Gasteiger partial charge in [-0.1, -0.05) is 96.1 Å². The van der Waals surface area contributed by atoms with Gasteiger partial charge in [-0.25, -0.2) is 0 Å². The van der Waals surface area contributed by atoms with Gasteiger partial charge in [0.25, 0.3) is 0 Å². The van der Waals surface area contributed by atoms with Gasteiger partial charge in [0, 0.05) is 17.1 Å². The van der Waals surface area contributed by atoms with Gasteiger partial charge in [0.05, 0.1) is 0 Å². The Kier molecular flexibility index (Phi) is 7.05. The highest BCUT2D eigenvalue weighted by atomic mass is 15.1. The standard InChI is InChI=1S/C36H33N/c1-26-10-18-33(19-11-26)37(34-20-12-27(2)13-21-34)35-22-15-30(16-23-35)25-36(31-8-6-5-7-9-31)32-17-14-28(3)29(4)24-32/h5-25H,1-4H3/b36-25-. The van der Waals surface area contributed by atoms with Crippen LogP contribution < -0.4 is 4.90 Å². The summed E-state index contributed by atoms with van der Waals surface area (Å²) in [6, 6.07) is 43.7. The van der Waals surface area contributed by atoms with Crippen LogP contribution in [0.2, 0.25) is 0 Å². The van der Waals surface area contributed by atoms with E-state index in [1.807, 2.05) is 0 Å². The van der Waals surface area contributed by atoms with Crippen molar-refractivity contribution in [1.29, 1.82) is 0 Å². The minimum atomic E-state index is 1.14. The molecule has 0 N–H and O–H groups in total. The molecule has 0 saturated heterocycles. The Morgan fingerprint density at radius 3 is 1.51 bits per heavy atom. The topological polar surface area (TPSA) is 3.24 Å². The van der Waals surface area contributed by atoms with E-state index in [4.69, 9.17) is 0 Å². The van der Waals surface area contributed by atoms with Crippen LogP contribution in [0.5, 0.6) is 0 Å². The minimum Gasteiger partial charge on any atom is -0.311 e. The number of rotatable bonds is 6. The number of aryl methyl sites for hydroxylation is 4. The van der Waals surface area contributed by atoms with Crippen LogP contribution in [0.1, 0.15) is 38.9 Å². The molecule has 37 heavy (non-hydrogen) atoms. The van der Waals surface area contributed by atoms with Crippen molar-refractivity contribution in [3.63, 3.8) is 0 Å². The molecule has 0 aliphatic heterocycles. The summed E-state index contributed by atoms with van der Waals surface area (Å²) in [4.78, 5) is 2.31. The molecule has 0 unspecified atom stereocenters. The van der Waals surface area contributed by atoms with Gasteiger partial charge in [0.15, 0.2) is 0 Å². The van der Waals surface area contributed by atoms with Gasteiger partial charge in [0.2, 0.25) is 0 Å². The summed E-state index contributed by atoms with van der Waals surface area (Å²) in [5.74, 6) is 0. The van der Waals surface area contributed by atoms with E-state index >= 15 is 0 Å². The SMILES string of the molecule is Cc1ccc(N(c2ccc(C)cc2)c2ccc(/C=C(/c3ccccc3)c3ccc(C)c(C)c3)cc2)cc1. The van der Waals surface area contributed by atoms with E-state index in [0.29, 0.717) is 0 Å². The van der Waals surface area contributed by atoms with Gasteiger partial charge in [-0.2, -0.15) is 0 Å². The zero-order valence-electron chi connectivity index (χ0n) is 22.1. The lowest BCUT2D eigenvalue weighted by Crippen LogP contribution is -2.09. The molecule has 5 aromatic carbocycles. The van der Waals surface area contributed by atoms with Gasteiger partial charge in [-0.3, -0.25) is 0 Å². The Morgan fingerprint density at radius 2 is 1.00 bits per heavy atom. The maximum absolute atomic E-state index is 2.31. The highest BCUT2D eigenvalue weighted by Gasteiger charge is 2.13. The Hall–Kier alpha value is -4.36. The number of nitrogens with zero attached hydrogens (tertiary/aromatic N) is 1. The molecule has 0 fully saturated rings. The molecule has 0 heterocycles. The third-order valence-electron chi connectivity index (χ3n) is 6.95. The van der Waals surface area contributed by atoms with E-state index in [1.54, 1.807) is 0 Å². The lowest BCUT2D eigenvalue weighted by atomic mass is 9.93. The van der Waals surface area contributed by atoms with Gasteiger partial charge in [0.1, 0.15) is 0 Å². The summed E-state index contributed by atoms with van der Waals surface area (Å²) < 4.78 is 0. The van der Waals surface area contributed by atoms with E-state index in [9.17, 15) is 0 Å². The third kappa shape index (κ3) is 5.57. The molecule has 5 aromatic rings. The molecule has 0 aromatic heterocycles. The summed E-state index contributed by atoms with van der Waals surface area (Å²) in [5.41, 5.74) is 13.4. The molecule has 5 rings (SSSR count). The Balaban J connectivity index is 1.56. The maximum Gasteiger partial charge on any atom is 0.0462 e. The first-order valence-corrected chi connectivity index (χ1v) is 12.9. The number of hydrogen-bond acceptors (Lipinski definition) is 1. The van der Waals surface area contributed by atoms with Crippen molar-refractivity contribution in [2.24, 2.45) is 0 Å².